The number of carbonyl (C=O) groups excluding carboxylic acids is 3. The van der Waals surface area contributed by atoms with Crippen molar-refractivity contribution in [2.45, 2.75) is 52.1 Å². The van der Waals surface area contributed by atoms with E-state index < -0.39 is 11.6 Å². The molecule has 1 aliphatic carbocycles. The molecule has 0 bridgehead atoms. The third kappa shape index (κ3) is 3.53. The van der Waals surface area contributed by atoms with Gasteiger partial charge in [0.2, 0.25) is 0 Å². The molecule has 6 nitrogen and oxygen atoms in total. The molecule has 1 aromatic heterocycles. The predicted molar refractivity (Wildman–Crippen MR) is 110 cm³/mol. The lowest BCUT2D eigenvalue weighted by Gasteiger charge is -2.20. The largest absolute Gasteiger partial charge is 0.348 e. The summed E-state index contributed by atoms with van der Waals surface area (Å²) in [5.41, 5.74) is 2.38. The van der Waals surface area contributed by atoms with Crippen molar-refractivity contribution < 1.29 is 18.8 Å². The molecule has 2 fully saturated rings. The van der Waals surface area contributed by atoms with Gasteiger partial charge in [0.05, 0.1) is 6.54 Å². The molecule has 1 saturated heterocycles. The Balaban J connectivity index is 1.47. The average molecular weight is 411 g/mol. The third-order valence-corrected chi connectivity index (χ3v) is 6.41. The molecule has 1 N–H and O–H groups in total. The van der Waals surface area contributed by atoms with Gasteiger partial charge in [0.25, 0.3) is 5.91 Å². The second-order valence-corrected chi connectivity index (χ2v) is 8.53. The van der Waals surface area contributed by atoms with E-state index in [-0.39, 0.29) is 30.0 Å². The molecule has 2 aliphatic rings. The molecule has 2 heterocycles. The second kappa shape index (κ2) is 7.38. The van der Waals surface area contributed by atoms with Crippen LogP contribution < -0.4 is 5.32 Å². The van der Waals surface area contributed by atoms with Gasteiger partial charge in [-0.1, -0.05) is 12.1 Å². The van der Waals surface area contributed by atoms with E-state index in [1.165, 1.54) is 12.1 Å². The summed E-state index contributed by atoms with van der Waals surface area (Å²) in [4.78, 5) is 39.1. The normalized spacial score (nSPS) is 21.3. The maximum absolute atomic E-state index is 13.1. The van der Waals surface area contributed by atoms with Crippen LogP contribution in [0.15, 0.2) is 30.3 Å². The molecule has 1 saturated carbocycles. The highest BCUT2D eigenvalue weighted by molar-refractivity contribution is 6.11. The van der Waals surface area contributed by atoms with Crippen LogP contribution >= 0.6 is 0 Å². The van der Waals surface area contributed by atoms with Crippen LogP contribution in [0.5, 0.6) is 0 Å². The molecule has 1 atom stereocenters. The monoisotopic (exact) mass is 411 g/mol. The van der Waals surface area contributed by atoms with Crippen LogP contribution in [0.3, 0.4) is 0 Å². The van der Waals surface area contributed by atoms with E-state index in [0.29, 0.717) is 18.5 Å². The van der Waals surface area contributed by atoms with Crippen molar-refractivity contribution in [3.63, 3.8) is 0 Å². The lowest BCUT2D eigenvalue weighted by Crippen LogP contribution is -2.46. The Kier molecular flexibility index (Phi) is 5.00. The fraction of sp³-hybridized carbons (Fsp3) is 0.435. The molecule has 7 heteroatoms. The van der Waals surface area contributed by atoms with Crippen molar-refractivity contribution in [3.8, 4) is 0 Å². The number of ketones is 1. The number of rotatable bonds is 7. The molecule has 1 aliphatic heterocycles. The average Bonchev–Trinajstić information content (AvgIpc) is 3.49. The minimum absolute atomic E-state index is 0.158. The molecule has 3 amide bonds. The molecule has 0 unspecified atom stereocenters. The standard InChI is InChI=1S/C23H26FN3O3/c1-14-12-19(15(2)26(14)11-10-16-4-8-18(24)9-5-16)20(28)13-27-21(29)23(3,17-6-7-17)25-22(27)30/h4-5,8-9,12,17H,6-7,10-11,13H2,1-3H3,(H,25,30)/t23-/m0/s1. The van der Waals surface area contributed by atoms with Crippen LogP contribution in [-0.2, 0) is 17.8 Å². The molecule has 0 spiro atoms. The summed E-state index contributed by atoms with van der Waals surface area (Å²) < 4.78 is 15.1. The summed E-state index contributed by atoms with van der Waals surface area (Å²) in [6.45, 7) is 5.93. The zero-order valence-electron chi connectivity index (χ0n) is 17.5. The highest BCUT2D eigenvalue weighted by atomic mass is 19.1. The number of aromatic nitrogens is 1. The lowest BCUT2D eigenvalue weighted by atomic mass is 9.96. The van der Waals surface area contributed by atoms with Gasteiger partial charge in [0.15, 0.2) is 5.78 Å². The molecule has 158 valence electrons. The van der Waals surface area contributed by atoms with E-state index in [1.54, 1.807) is 25.1 Å². The number of nitrogens with one attached hydrogen (secondary N) is 1. The fourth-order valence-corrected chi connectivity index (χ4v) is 4.34. The lowest BCUT2D eigenvalue weighted by molar-refractivity contribution is -0.131. The number of benzene rings is 1. The third-order valence-electron chi connectivity index (χ3n) is 6.41. The van der Waals surface area contributed by atoms with Gasteiger partial charge in [0, 0.05) is 23.5 Å². The smallest absolute Gasteiger partial charge is 0.325 e. The van der Waals surface area contributed by atoms with Gasteiger partial charge in [-0.2, -0.15) is 0 Å². The summed E-state index contributed by atoms with van der Waals surface area (Å²) >= 11 is 0. The molecule has 30 heavy (non-hydrogen) atoms. The minimum atomic E-state index is -0.886. The second-order valence-electron chi connectivity index (χ2n) is 8.53. The summed E-state index contributed by atoms with van der Waals surface area (Å²) in [5.74, 6) is -0.669. The number of halogens is 1. The Bertz CT molecular complexity index is 1020. The summed E-state index contributed by atoms with van der Waals surface area (Å²) in [7, 11) is 0. The first-order chi connectivity index (χ1) is 14.2. The van der Waals surface area contributed by atoms with E-state index in [4.69, 9.17) is 0 Å². The summed E-state index contributed by atoms with van der Waals surface area (Å²) in [6.07, 6.45) is 2.54. The van der Waals surface area contributed by atoms with E-state index in [0.717, 1.165) is 34.7 Å². The van der Waals surface area contributed by atoms with Crippen LogP contribution in [0.2, 0.25) is 0 Å². The quantitative estimate of drug-likeness (QED) is 0.561. The van der Waals surface area contributed by atoms with Crippen LogP contribution in [0.1, 0.15) is 47.1 Å². The highest BCUT2D eigenvalue weighted by Gasteiger charge is 2.56. The Morgan fingerprint density at radius 2 is 1.87 bits per heavy atom. The van der Waals surface area contributed by atoms with Gasteiger partial charge in [0.1, 0.15) is 11.4 Å². The molecular formula is C23H26FN3O3. The number of hydrogen-bond acceptors (Lipinski definition) is 3. The summed E-state index contributed by atoms with van der Waals surface area (Å²) in [6, 6.07) is 7.70. The van der Waals surface area contributed by atoms with E-state index in [9.17, 15) is 18.8 Å². The van der Waals surface area contributed by atoms with E-state index in [1.807, 2.05) is 18.4 Å². The molecule has 0 radical (unpaired) electrons. The van der Waals surface area contributed by atoms with Gasteiger partial charge in [-0.25, -0.2) is 9.18 Å². The van der Waals surface area contributed by atoms with Crippen molar-refractivity contribution >= 4 is 17.7 Å². The first-order valence-electron chi connectivity index (χ1n) is 10.3. The van der Waals surface area contributed by atoms with Gasteiger partial charge >= 0.3 is 6.03 Å². The van der Waals surface area contributed by atoms with Gasteiger partial charge in [-0.15, -0.1) is 0 Å². The van der Waals surface area contributed by atoms with Crippen LogP contribution in [-0.4, -0.2) is 39.3 Å². The van der Waals surface area contributed by atoms with Crippen LogP contribution in [0, 0.1) is 25.6 Å². The summed E-state index contributed by atoms with van der Waals surface area (Å²) in [5, 5.41) is 2.78. The number of imide groups is 1. The number of aryl methyl sites for hydroxylation is 2. The van der Waals surface area contributed by atoms with E-state index >= 15 is 0 Å². The number of carbonyl (C=O) groups is 3. The number of Topliss-reactive ketones (excluding diaryl/α,β-unsaturated/α-hetero) is 1. The Morgan fingerprint density at radius 3 is 2.50 bits per heavy atom. The Labute approximate surface area is 175 Å². The Morgan fingerprint density at radius 1 is 1.20 bits per heavy atom. The van der Waals surface area contributed by atoms with Gasteiger partial charge in [-0.05, 0) is 69.7 Å². The van der Waals surface area contributed by atoms with Crippen LogP contribution in [0.4, 0.5) is 9.18 Å². The van der Waals surface area contributed by atoms with Crippen molar-refractivity contribution in [1.29, 1.82) is 0 Å². The van der Waals surface area contributed by atoms with Crippen molar-refractivity contribution in [2.75, 3.05) is 6.54 Å². The topological polar surface area (TPSA) is 71.4 Å². The first kappa shape index (κ1) is 20.3. The SMILES string of the molecule is Cc1cc(C(=O)CN2C(=O)N[C@@](C)(C3CC3)C2=O)c(C)n1CCc1ccc(F)cc1. The van der Waals surface area contributed by atoms with Crippen molar-refractivity contribution in [2.24, 2.45) is 5.92 Å². The van der Waals surface area contributed by atoms with Gasteiger partial charge < -0.3 is 9.88 Å². The predicted octanol–water partition coefficient (Wildman–Crippen LogP) is 3.39. The highest BCUT2D eigenvalue weighted by Crippen LogP contribution is 2.42. The molecule has 4 rings (SSSR count). The maximum Gasteiger partial charge on any atom is 0.325 e. The molecule has 1 aromatic carbocycles. The van der Waals surface area contributed by atoms with Gasteiger partial charge in [-0.3, -0.25) is 14.5 Å². The number of nitrogens with zero attached hydrogens (tertiary/aromatic N) is 2. The zero-order valence-corrected chi connectivity index (χ0v) is 17.5. The van der Waals surface area contributed by atoms with E-state index in [2.05, 4.69) is 5.32 Å². The fourth-order valence-electron chi connectivity index (χ4n) is 4.34. The maximum atomic E-state index is 13.1. The number of hydrogen-bond donors (Lipinski definition) is 1. The van der Waals surface area contributed by atoms with Crippen LogP contribution in [0.25, 0.3) is 0 Å². The Hall–Kier alpha value is -2.96. The first-order valence-corrected chi connectivity index (χ1v) is 10.3. The minimum Gasteiger partial charge on any atom is -0.348 e. The number of amides is 3. The van der Waals surface area contributed by atoms with Crippen molar-refractivity contribution in [3.05, 3.63) is 58.7 Å². The number of urea groups is 1. The van der Waals surface area contributed by atoms with Crippen molar-refractivity contribution in [1.82, 2.24) is 14.8 Å². The molecule has 2 aromatic rings. The zero-order chi connectivity index (χ0) is 21.6. The molecular weight excluding hydrogens is 385 g/mol.